The van der Waals surface area contributed by atoms with Crippen molar-refractivity contribution < 1.29 is 4.79 Å². The lowest BCUT2D eigenvalue weighted by molar-refractivity contribution is -0.117. The molecule has 3 rings (SSSR count). The Bertz CT molecular complexity index is 949. The highest BCUT2D eigenvalue weighted by atomic mass is 32.1. The third kappa shape index (κ3) is 4.54. The SMILES string of the molecule is CN(C)c1cnn(CC(=O)Nc2nc(Cc3ccccc3)cs2)c(=O)c1. The molecule has 0 atom stereocenters. The predicted molar refractivity (Wildman–Crippen MR) is 103 cm³/mol. The molecule has 0 saturated carbocycles. The van der Waals surface area contributed by atoms with Gasteiger partial charge in [-0.05, 0) is 5.56 Å². The first-order chi connectivity index (χ1) is 12.5. The molecule has 26 heavy (non-hydrogen) atoms. The zero-order valence-corrected chi connectivity index (χ0v) is 15.4. The summed E-state index contributed by atoms with van der Waals surface area (Å²) in [6, 6.07) is 11.5. The first-order valence-electron chi connectivity index (χ1n) is 8.04. The van der Waals surface area contributed by atoms with Gasteiger partial charge in [0.05, 0.1) is 17.6 Å². The maximum absolute atomic E-state index is 12.2. The number of thiazole rings is 1. The summed E-state index contributed by atoms with van der Waals surface area (Å²) in [4.78, 5) is 30.4. The summed E-state index contributed by atoms with van der Waals surface area (Å²) >= 11 is 1.36. The minimum absolute atomic E-state index is 0.153. The lowest BCUT2D eigenvalue weighted by Crippen LogP contribution is -2.30. The Morgan fingerprint density at radius 3 is 2.73 bits per heavy atom. The third-order valence-electron chi connectivity index (χ3n) is 3.69. The van der Waals surface area contributed by atoms with Crippen LogP contribution in [0.4, 0.5) is 10.8 Å². The molecule has 7 nitrogen and oxygen atoms in total. The Labute approximate surface area is 154 Å². The second-order valence-electron chi connectivity index (χ2n) is 5.96. The standard InChI is InChI=1S/C18H19N5O2S/c1-22(2)15-9-17(25)23(19-10-15)11-16(24)21-18-20-14(12-26-18)8-13-6-4-3-5-7-13/h3-7,9-10,12H,8,11H2,1-2H3,(H,20,21,24). The average Bonchev–Trinajstić information content (AvgIpc) is 3.04. The van der Waals surface area contributed by atoms with Gasteiger partial charge in [-0.2, -0.15) is 5.10 Å². The van der Waals surface area contributed by atoms with Crippen LogP contribution in [0.25, 0.3) is 0 Å². The number of rotatable bonds is 6. The number of aromatic nitrogens is 3. The van der Waals surface area contributed by atoms with Crippen molar-refractivity contribution in [2.75, 3.05) is 24.3 Å². The van der Waals surface area contributed by atoms with Crippen molar-refractivity contribution in [2.45, 2.75) is 13.0 Å². The van der Waals surface area contributed by atoms with Crippen LogP contribution in [-0.2, 0) is 17.8 Å². The predicted octanol–water partition coefficient (Wildman–Crippen LogP) is 2.00. The molecule has 134 valence electrons. The van der Waals surface area contributed by atoms with Crippen molar-refractivity contribution >= 4 is 28.1 Å². The highest BCUT2D eigenvalue weighted by Crippen LogP contribution is 2.18. The van der Waals surface area contributed by atoms with E-state index in [-0.39, 0.29) is 18.0 Å². The van der Waals surface area contributed by atoms with Crippen LogP contribution in [0.5, 0.6) is 0 Å². The number of carbonyl (C=O) groups is 1. The Hall–Kier alpha value is -3.00. The van der Waals surface area contributed by atoms with Crippen molar-refractivity contribution in [3.8, 4) is 0 Å². The Kier molecular flexibility index (Phi) is 5.43. The lowest BCUT2D eigenvalue weighted by Gasteiger charge is -2.12. The van der Waals surface area contributed by atoms with E-state index in [0.29, 0.717) is 17.2 Å². The first-order valence-corrected chi connectivity index (χ1v) is 8.92. The number of hydrogen-bond acceptors (Lipinski definition) is 6. The molecule has 0 saturated heterocycles. The fourth-order valence-corrected chi connectivity index (χ4v) is 3.06. The van der Waals surface area contributed by atoms with Crippen LogP contribution >= 0.6 is 11.3 Å². The topological polar surface area (TPSA) is 80.1 Å². The monoisotopic (exact) mass is 369 g/mol. The zero-order chi connectivity index (χ0) is 18.5. The van der Waals surface area contributed by atoms with Gasteiger partial charge in [0, 0.05) is 32.0 Å². The van der Waals surface area contributed by atoms with E-state index < -0.39 is 0 Å². The van der Waals surface area contributed by atoms with Crippen LogP contribution < -0.4 is 15.8 Å². The molecule has 0 unspecified atom stereocenters. The molecule has 2 aromatic heterocycles. The molecule has 3 aromatic rings. The van der Waals surface area contributed by atoms with Gasteiger partial charge < -0.3 is 10.2 Å². The molecule has 0 aliphatic heterocycles. The molecule has 1 N–H and O–H groups in total. The fraction of sp³-hybridized carbons (Fsp3) is 0.222. The highest BCUT2D eigenvalue weighted by molar-refractivity contribution is 7.13. The molecule has 0 aliphatic carbocycles. The van der Waals surface area contributed by atoms with E-state index in [9.17, 15) is 9.59 Å². The number of anilines is 2. The van der Waals surface area contributed by atoms with Gasteiger partial charge in [0.1, 0.15) is 6.54 Å². The van der Waals surface area contributed by atoms with Crippen molar-refractivity contribution in [3.05, 3.63) is 69.6 Å². The van der Waals surface area contributed by atoms with Crippen LogP contribution in [0, 0.1) is 0 Å². The van der Waals surface area contributed by atoms with Gasteiger partial charge in [-0.25, -0.2) is 9.67 Å². The normalized spacial score (nSPS) is 10.5. The summed E-state index contributed by atoms with van der Waals surface area (Å²) in [5.74, 6) is -0.335. The third-order valence-corrected chi connectivity index (χ3v) is 4.50. The van der Waals surface area contributed by atoms with Crippen LogP contribution in [0.15, 0.2) is 52.8 Å². The fourth-order valence-electron chi connectivity index (χ4n) is 2.33. The molecule has 0 bridgehead atoms. The number of carbonyl (C=O) groups excluding carboxylic acids is 1. The van der Waals surface area contributed by atoms with Crippen LogP contribution in [0.1, 0.15) is 11.3 Å². The molecule has 1 aromatic carbocycles. The zero-order valence-electron chi connectivity index (χ0n) is 14.5. The number of nitrogens with zero attached hydrogens (tertiary/aromatic N) is 4. The molecular weight excluding hydrogens is 350 g/mol. The van der Waals surface area contributed by atoms with E-state index >= 15 is 0 Å². The molecule has 2 heterocycles. The van der Waals surface area contributed by atoms with Crippen LogP contribution in [0.3, 0.4) is 0 Å². The molecule has 0 aliphatic rings. The molecule has 0 spiro atoms. The van der Waals surface area contributed by atoms with E-state index in [1.54, 1.807) is 11.1 Å². The van der Waals surface area contributed by atoms with Gasteiger partial charge in [-0.3, -0.25) is 9.59 Å². The number of hydrogen-bond donors (Lipinski definition) is 1. The van der Waals surface area contributed by atoms with E-state index in [0.717, 1.165) is 15.9 Å². The molecule has 8 heteroatoms. The summed E-state index contributed by atoms with van der Waals surface area (Å²) in [6.45, 7) is -0.153. The van der Waals surface area contributed by atoms with Crippen molar-refractivity contribution in [1.29, 1.82) is 0 Å². The second-order valence-corrected chi connectivity index (χ2v) is 6.82. The maximum atomic E-state index is 12.2. The van der Waals surface area contributed by atoms with Gasteiger partial charge in [-0.1, -0.05) is 30.3 Å². The number of nitrogens with one attached hydrogen (secondary N) is 1. The number of amides is 1. The van der Waals surface area contributed by atoms with Gasteiger partial charge >= 0.3 is 0 Å². The molecular formula is C18H19N5O2S. The van der Waals surface area contributed by atoms with Gasteiger partial charge in [-0.15, -0.1) is 11.3 Å². The first kappa shape index (κ1) is 17.8. The number of benzene rings is 1. The average molecular weight is 369 g/mol. The quantitative estimate of drug-likeness (QED) is 0.719. The van der Waals surface area contributed by atoms with Crippen LogP contribution in [0.2, 0.25) is 0 Å². The van der Waals surface area contributed by atoms with E-state index in [4.69, 9.17) is 0 Å². The summed E-state index contributed by atoms with van der Waals surface area (Å²) in [6.07, 6.45) is 2.26. The highest BCUT2D eigenvalue weighted by Gasteiger charge is 2.10. The van der Waals surface area contributed by atoms with Gasteiger partial charge in [0.2, 0.25) is 5.91 Å². The maximum Gasteiger partial charge on any atom is 0.269 e. The van der Waals surface area contributed by atoms with E-state index in [2.05, 4.69) is 15.4 Å². The Morgan fingerprint density at radius 1 is 1.27 bits per heavy atom. The second kappa shape index (κ2) is 7.92. The smallest absolute Gasteiger partial charge is 0.269 e. The van der Waals surface area contributed by atoms with Crippen molar-refractivity contribution in [1.82, 2.24) is 14.8 Å². The van der Waals surface area contributed by atoms with Crippen LogP contribution in [-0.4, -0.2) is 34.8 Å². The largest absolute Gasteiger partial charge is 0.376 e. The Balaban J connectivity index is 1.61. The molecule has 1 amide bonds. The summed E-state index contributed by atoms with van der Waals surface area (Å²) in [7, 11) is 3.64. The van der Waals surface area contributed by atoms with Gasteiger partial charge in [0.25, 0.3) is 5.56 Å². The van der Waals surface area contributed by atoms with Crippen molar-refractivity contribution in [2.24, 2.45) is 0 Å². The summed E-state index contributed by atoms with van der Waals surface area (Å²) < 4.78 is 1.13. The van der Waals surface area contributed by atoms with E-state index in [1.165, 1.54) is 17.4 Å². The van der Waals surface area contributed by atoms with E-state index in [1.807, 2.05) is 49.8 Å². The minimum atomic E-state index is -0.335. The summed E-state index contributed by atoms with van der Waals surface area (Å²) in [5, 5.41) is 9.17. The van der Waals surface area contributed by atoms with Crippen molar-refractivity contribution in [3.63, 3.8) is 0 Å². The summed E-state index contributed by atoms with van der Waals surface area (Å²) in [5.41, 5.74) is 2.42. The lowest BCUT2D eigenvalue weighted by atomic mass is 10.1. The minimum Gasteiger partial charge on any atom is -0.376 e. The molecule has 0 radical (unpaired) electrons. The molecule has 0 fully saturated rings. The Morgan fingerprint density at radius 2 is 2.04 bits per heavy atom. The van der Waals surface area contributed by atoms with Gasteiger partial charge in [0.15, 0.2) is 5.13 Å².